The van der Waals surface area contributed by atoms with Crippen molar-refractivity contribution in [3.63, 3.8) is 0 Å². The van der Waals surface area contributed by atoms with Crippen LogP contribution in [0.25, 0.3) is 0 Å². The third kappa shape index (κ3) is 7.16. The smallest absolute Gasteiger partial charge is 0.305 e. The Morgan fingerprint density at radius 3 is 2.44 bits per heavy atom. The molecule has 0 saturated heterocycles. The molecule has 0 spiro atoms. The van der Waals surface area contributed by atoms with Crippen LogP contribution in [0.4, 0.5) is 0 Å². The molecule has 2 atom stereocenters. The van der Waals surface area contributed by atoms with Gasteiger partial charge in [0.15, 0.2) is 9.84 Å². The zero-order chi connectivity index (χ0) is 23.8. The summed E-state index contributed by atoms with van der Waals surface area (Å²) in [7, 11) is -1.88. The van der Waals surface area contributed by atoms with Crippen LogP contribution >= 0.6 is 0 Å². The minimum Gasteiger partial charge on any atom is -0.469 e. The standard InChI is InChI=1S/C26H36O5S/c1-20(15-17-26(3)22(13-14-24(26)27)19-25(28)31-4)9-8-10-21(2)16-18-32(29,30)23-11-6-5-7-12-23/h5-7,10-12,15,22H,8-9,13-14,16-19H2,1-4H3/b20-15+,21-10+/t22-,26-/m0/s1. The molecule has 0 heterocycles. The number of carbonyl (C=O) groups excluding carboxylic acids is 2. The van der Waals surface area contributed by atoms with Gasteiger partial charge in [-0.1, -0.05) is 48.4 Å². The van der Waals surface area contributed by atoms with Gasteiger partial charge in [-0.2, -0.15) is 0 Å². The van der Waals surface area contributed by atoms with Crippen molar-refractivity contribution in [2.45, 2.75) is 70.6 Å². The van der Waals surface area contributed by atoms with Crippen molar-refractivity contribution in [3.05, 3.63) is 53.6 Å². The van der Waals surface area contributed by atoms with E-state index in [0.717, 1.165) is 24.8 Å². The molecule has 1 saturated carbocycles. The van der Waals surface area contributed by atoms with Crippen LogP contribution in [0.2, 0.25) is 0 Å². The Kier molecular flexibility index (Phi) is 9.44. The van der Waals surface area contributed by atoms with E-state index < -0.39 is 15.3 Å². The molecular weight excluding hydrogens is 424 g/mol. The second-order valence-electron chi connectivity index (χ2n) is 9.08. The quantitative estimate of drug-likeness (QED) is 0.324. The van der Waals surface area contributed by atoms with Gasteiger partial charge in [0.2, 0.25) is 0 Å². The number of hydrogen-bond donors (Lipinski definition) is 0. The second-order valence-corrected chi connectivity index (χ2v) is 11.2. The molecule has 0 aliphatic heterocycles. The fourth-order valence-corrected chi connectivity index (χ4v) is 5.61. The van der Waals surface area contributed by atoms with E-state index in [0.29, 0.717) is 30.6 Å². The predicted molar refractivity (Wildman–Crippen MR) is 127 cm³/mol. The van der Waals surface area contributed by atoms with Gasteiger partial charge in [0, 0.05) is 18.3 Å². The highest BCUT2D eigenvalue weighted by Gasteiger charge is 2.45. The molecule has 6 heteroatoms. The summed E-state index contributed by atoms with van der Waals surface area (Å²) in [5.74, 6) is 0.105. The normalized spacial score (nSPS) is 22.2. The van der Waals surface area contributed by atoms with Crippen LogP contribution in [0.3, 0.4) is 0 Å². The van der Waals surface area contributed by atoms with Crippen LogP contribution in [-0.4, -0.2) is 33.0 Å². The fourth-order valence-electron chi connectivity index (χ4n) is 4.21. The van der Waals surface area contributed by atoms with Crippen molar-refractivity contribution in [1.29, 1.82) is 0 Å². The minimum atomic E-state index is -3.26. The van der Waals surface area contributed by atoms with Crippen LogP contribution < -0.4 is 0 Å². The molecule has 5 nitrogen and oxygen atoms in total. The van der Waals surface area contributed by atoms with Gasteiger partial charge in [-0.3, -0.25) is 9.59 Å². The van der Waals surface area contributed by atoms with E-state index in [2.05, 4.69) is 19.1 Å². The Labute approximate surface area is 192 Å². The van der Waals surface area contributed by atoms with Gasteiger partial charge in [0.25, 0.3) is 0 Å². The lowest BCUT2D eigenvalue weighted by molar-refractivity contribution is -0.142. The number of ketones is 1. The highest BCUT2D eigenvalue weighted by molar-refractivity contribution is 7.91. The van der Waals surface area contributed by atoms with E-state index in [9.17, 15) is 18.0 Å². The second kappa shape index (κ2) is 11.6. The lowest BCUT2D eigenvalue weighted by Crippen LogP contribution is -2.30. The molecule has 1 fully saturated rings. The zero-order valence-corrected chi connectivity index (χ0v) is 20.5. The van der Waals surface area contributed by atoms with Gasteiger partial charge < -0.3 is 4.74 Å². The summed E-state index contributed by atoms with van der Waals surface area (Å²) >= 11 is 0. The maximum atomic E-state index is 12.5. The van der Waals surface area contributed by atoms with Crippen molar-refractivity contribution in [3.8, 4) is 0 Å². The van der Waals surface area contributed by atoms with E-state index in [1.807, 2.05) is 19.9 Å². The number of allylic oxidation sites excluding steroid dienone is 4. The first-order valence-electron chi connectivity index (χ1n) is 11.3. The first-order valence-corrected chi connectivity index (χ1v) is 12.9. The van der Waals surface area contributed by atoms with Crippen LogP contribution in [-0.2, 0) is 24.2 Å². The summed E-state index contributed by atoms with van der Waals surface area (Å²) in [4.78, 5) is 24.6. The van der Waals surface area contributed by atoms with Crippen LogP contribution in [0.15, 0.2) is 58.5 Å². The largest absolute Gasteiger partial charge is 0.469 e. The summed E-state index contributed by atoms with van der Waals surface area (Å²) in [5.41, 5.74) is 1.75. The number of benzene rings is 1. The topological polar surface area (TPSA) is 77.5 Å². The van der Waals surface area contributed by atoms with E-state index in [1.165, 1.54) is 12.7 Å². The Bertz CT molecular complexity index is 959. The number of hydrogen-bond acceptors (Lipinski definition) is 5. The van der Waals surface area contributed by atoms with E-state index in [4.69, 9.17) is 4.74 Å². The first-order chi connectivity index (χ1) is 15.1. The summed E-state index contributed by atoms with van der Waals surface area (Å²) in [6, 6.07) is 8.55. The van der Waals surface area contributed by atoms with Gasteiger partial charge in [-0.25, -0.2) is 8.42 Å². The molecule has 2 rings (SSSR count). The minimum absolute atomic E-state index is 0.0280. The van der Waals surface area contributed by atoms with E-state index >= 15 is 0 Å². The molecule has 32 heavy (non-hydrogen) atoms. The third-order valence-corrected chi connectivity index (χ3v) is 8.40. The average molecular weight is 461 g/mol. The van der Waals surface area contributed by atoms with E-state index in [-0.39, 0.29) is 23.4 Å². The van der Waals surface area contributed by atoms with Gasteiger partial charge in [0.1, 0.15) is 5.78 Å². The highest BCUT2D eigenvalue weighted by Crippen LogP contribution is 2.45. The number of methoxy groups -OCH3 is 1. The molecule has 0 bridgehead atoms. The van der Waals surface area contributed by atoms with Crippen LogP contribution in [0.1, 0.15) is 65.7 Å². The number of sulfone groups is 1. The number of ether oxygens (including phenoxy) is 1. The number of carbonyl (C=O) groups is 2. The molecule has 0 aromatic heterocycles. The van der Waals surface area contributed by atoms with Gasteiger partial charge in [-0.15, -0.1) is 0 Å². The molecule has 1 aromatic rings. The number of Topliss-reactive ketones (excluding diaryl/α,β-unsaturated/α-hetero) is 1. The molecule has 0 radical (unpaired) electrons. The van der Waals surface area contributed by atoms with Crippen molar-refractivity contribution in [2.75, 3.05) is 12.9 Å². The van der Waals surface area contributed by atoms with Crippen LogP contribution in [0.5, 0.6) is 0 Å². The summed E-state index contributed by atoms with van der Waals surface area (Å²) in [5, 5.41) is 0. The molecule has 1 aromatic carbocycles. The predicted octanol–water partition coefficient (Wildman–Crippen LogP) is 5.46. The van der Waals surface area contributed by atoms with Gasteiger partial charge in [0.05, 0.1) is 17.8 Å². The zero-order valence-electron chi connectivity index (χ0n) is 19.7. The van der Waals surface area contributed by atoms with Crippen molar-refractivity contribution >= 4 is 21.6 Å². The Morgan fingerprint density at radius 1 is 1.12 bits per heavy atom. The molecule has 0 unspecified atom stereocenters. The highest BCUT2D eigenvalue weighted by atomic mass is 32.2. The SMILES string of the molecule is COC(=O)C[C@@H]1CCC(=O)[C@@]1(C)C/C=C(\C)CC/C=C(\C)CCS(=O)(=O)c1ccccc1. The molecule has 1 aliphatic carbocycles. The van der Waals surface area contributed by atoms with Crippen LogP contribution in [0, 0.1) is 11.3 Å². The summed E-state index contributed by atoms with van der Waals surface area (Å²) < 4.78 is 29.6. The monoisotopic (exact) mass is 460 g/mol. The fraction of sp³-hybridized carbons (Fsp3) is 0.538. The summed E-state index contributed by atoms with van der Waals surface area (Å²) in [6.07, 6.45) is 8.62. The van der Waals surface area contributed by atoms with Crippen molar-refractivity contribution in [2.24, 2.45) is 11.3 Å². The number of esters is 1. The van der Waals surface area contributed by atoms with Crippen molar-refractivity contribution < 1.29 is 22.7 Å². The Morgan fingerprint density at radius 2 is 1.78 bits per heavy atom. The van der Waals surface area contributed by atoms with E-state index in [1.54, 1.807) is 24.3 Å². The molecule has 176 valence electrons. The molecule has 0 amide bonds. The first kappa shape index (κ1) is 26.0. The lowest BCUT2D eigenvalue weighted by Gasteiger charge is -2.28. The third-order valence-electron chi connectivity index (χ3n) is 6.67. The molecule has 0 N–H and O–H groups in total. The van der Waals surface area contributed by atoms with Crippen molar-refractivity contribution in [1.82, 2.24) is 0 Å². The van der Waals surface area contributed by atoms with Gasteiger partial charge >= 0.3 is 5.97 Å². The molecule has 1 aliphatic rings. The summed E-state index contributed by atoms with van der Waals surface area (Å²) in [6.45, 7) is 5.99. The number of rotatable bonds is 11. The maximum Gasteiger partial charge on any atom is 0.305 e. The molecular formula is C26H36O5S. The lowest BCUT2D eigenvalue weighted by atomic mass is 9.74. The Balaban J connectivity index is 1.85. The Hall–Kier alpha value is -2.21. The maximum absolute atomic E-state index is 12.5. The average Bonchev–Trinajstić information content (AvgIpc) is 3.05. The van der Waals surface area contributed by atoms with Gasteiger partial charge in [-0.05, 0) is 64.0 Å².